The molecule has 2 N–H and O–H groups in total. The van der Waals surface area contributed by atoms with Gasteiger partial charge in [-0.2, -0.15) is 36.3 Å². The smallest absolute Gasteiger partial charge is 0.334 e. The van der Waals surface area contributed by atoms with Gasteiger partial charge in [0.1, 0.15) is 0 Å². The first-order chi connectivity index (χ1) is 19.8. The zero-order valence-electron chi connectivity index (χ0n) is 20.6. The molecule has 42 heavy (non-hydrogen) atoms. The van der Waals surface area contributed by atoms with Crippen molar-refractivity contribution in [2.45, 2.75) is 19.0 Å². The van der Waals surface area contributed by atoms with Crippen LogP contribution in [0.2, 0.25) is 0 Å². The van der Waals surface area contributed by atoms with Gasteiger partial charge in [-0.25, -0.2) is 0 Å². The average Bonchev–Trinajstić information content (AvgIpc) is 3.64. The Kier molecular flexibility index (Phi) is 8.34. The minimum atomic E-state index is -4.76. The summed E-state index contributed by atoms with van der Waals surface area (Å²) in [6.07, 6.45) is -6.82. The van der Waals surface area contributed by atoms with Gasteiger partial charge in [0.15, 0.2) is 0 Å². The van der Waals surface area contributed by atoms with E-state index >= 15 is 0 Å². The lowest BCUT2D eigenvalue weighted by Crippen LogP contribution is -2.31. The Hall–Kier alpha value is -5.55. The third kappa shape index (κ3) is 7.14. The Morgan fingerprint density at radius 1 is 0.857 bits per heavy atom. The normalized spacial score (nSPS) is 11.5. The van der Waals surface area contributed by atoms with Gasteiger partial charge in [-0.15, -0.1) is 0 Å². The fraction of sp³-hybridized carbons (Fsp3) is 0.125. The Labute approximate surface area is 228 Å². The molecule has 0 aliphatic heterocycles. The highest BCUT2D eigenvalue weighted by molar-refractivity contribution is 5.93. The highest BCUT2D eigenvalue weighted by atomic mass is 19.4. The molecule has 0 saturated heterocycles. The van der Waals surface area contributed by atoms with Gasteiger partial charge in [0, 0.05) is 29.6 Å². The monoisotopic (exact) mass is 595 g/mol. The van der Waals surface area contributed by atoms with Crippen LogP contribution in [0.3, 0.4) is 0 Å². The topological polar surface area (TPSA) is 162 Å². The van der Waals surface area contributed by atoms with Gasteiger partial charge in [0.2, 0.25) is 11.6 Å². The van der Waals surface area contributed by atoms with Gasteiger partial charge < -0.3 is 19.3 Å². The standard InChI is InChI=1S/C16H11F3N4O3.C8H4F3N3O2/c17-16(18,19)15-21-13(22-26-15)11-6-7-23(12(24)8-11)9-20-14(25)10-4-2-1-3-5-10;9-8(10,11)7-13-5(14-16-7)4-2-1-3-12-6(4)15/h1-8H,9H2,(H,20,25);1-3H,(H,12,15). The Morgan fingerprint density at radius 3 is 2.05 bits per heavy atom. The van der Waals surface area contributed by atoms with Crippen molar-refractivity contribution in [1.29, 1.82) is 0 Å². The predicted molar refractivity (Wildman–Crippen MR) is 128 cm³/mol. The lowest BCUT2D eigenvalue weighted by Gasteiger charge is -2.08. The maximum atomic E-state index is 12.5. The van der Waals surface area contributed by atoms with Crippen LogP contribution in [-0.2, 0) is 19.0 Å². The van der Waals surface area contributed by atoms with E-state index in [1.807, 2.05) is 0 Å². The summed E-state index contributed by atoms with van der Waals surface area (Å²) in [5.74, 6) is -4.09. The number of amides is 1. The fourth-order valence-corrected chi connectivity index (χ4v) is 3.13. The molecule has 0 spiro atoms. The Bertz CT molecular complexity index is 1790. The fourth-order valence-electron chi connectivity index (χ4n) is 3.13. The number of aromatic nitrogens is 6. The molecule has 5 aromatic rings. The van der Waals surface area contributed by atoms with Crippen molar-refractivity contribution < 1.29 is 40.2 Å². The van der Waals surface area contributed by atoms with E-state index in [4.69, 9.17) is 0 Å². The van der Waals surface area contributed by atoms with Crippen molar-refractivity contribution in [3.8, 4) is 22.8 Å². The van der Waals surface area contributed by atoms with E-state index in [9.17, 15) is 40.7 Å². The van der Waals surface area contributed by atoms with Gasteiger partial charge in [0.25, 0.3) is 17.0 Å². The number of carbonyl (C=O) groups is 1. The molecule has 1 amide bonds. The maximum Gasteiger partial charge on any atom is 0.471 e. The van der Waals surface area contributed by atoms with Crippen LogP contribution < -0.4 is 16.4 Å². The van der Waals surface area contributed by atoms with Crippen LogP contribution in [0.1, 0.15) is 22.1 Å². The van der Waals surface area contributed by atoms with Gasteiger partial charge in [-0.1, -0.05) is 28.5 Å². The summed E-state index contributed by atoms with van der Waals surface area (Å²) in [6.45, 7) is -0.104. The summed E-state index contributed by atoms with van der Waals surface area (Å²) in [6, 6.07) is 13.6. The molecule has 12 nitrogen and oxygen atoms in total. The second-order valence-electron chi connectivity index (χ2n) is 8.01. The predicted octanol–water partition coefficient (Wildman–Crippen LogP) is 3.75. The summed E-state index contributed by atoms with van der Waals surface area (Å²) in [5, 5.41) is 8.87. The number of carbonyl (C=O) groups excluding carboxylic acids is 1. The SMILES string of the molecule is O=C(NCn1ccc(-c2noc(C(F)(F)F)n2)cc1=O)c1ccccc1.O=c1[nH]cccc1-c1noc(C(F)(F)F)n1. The Morgan fingerprint density at radius 2 is 1.48 bits per heavy atom. The minimum absolute atomic E-state index is 0.0693. The molecule has 4 heterocycles. The van der Waals surface area contributed by atoms with Crippen molar-refractivity contribution in [2.24, 2.45) is 0 Å². The van der Waals surface area contributed by atoms with Crippen LogP contribution in [0.5, 0.6) is 0 Å². The number of benzene rings is 1. The molecular weight excluding hydrogens is 580 g/mol. The molecular formula is C24H15F6N7O5. The molecule has 0 atom stereocenters. The number of alkyl halides is 6. The van der Waals surface area contributed by atoms with E-state index in [0.717, 1.165) is 6.07 Å². The van der Waals surface area contributed by atoms with E-state index in [2.05, 4.69) is 39.6 Å². The second kappa shape index (κ2) is 11.9. The lowest BCUT2D eigenvalue weighted by molar-refractivity contribution is -0.160. The first kappa shape index (κ1) is 29.4. The third-order valence-corrected chi connectivity index (χ3v) is 5.10. The van der Waals surface area contributed by atoms with Crippen molar-refractivity contribution in [3.05, 3.63) is 105 Å². The number of nitrogens with one attached hydrogen (secondary N) is 2. The molecule has 0 unspecified atom stereocenters. The highest BCUT2D eigenvalue weighted by Gasteiger charge is 2.39. The molecule has 0 fully saturated rings. The van der Waals surface area contributed by atoms with Gasteiger partial charge >= 0.3 is 24.1 Å². The number of aromatic amines is 1. The van der Waals surface area contributed by atoms with Crippen molar-refractivity contribution in [2.75, 3.05) is 0 Å². The number of H-pyrrole nitrogens is 1. The molecule has 218 valence electrons. The molecule has 0 radical (unpaired) electrons. The number of hydrogen-bond acceptors (Lipinski definition) is 9. The van der Waals surface area contributed by atoms with Crippen LogP contribution in [0.25, 0.3) is 22.8 Å². The molecule has 5 rings (SSSR count). The lowest BCUT2D eigenvalue weighted by atomic mass is 10.2. The number of halogens is 6. The first-order valence-corrected chi connectivity index (χ1v) is 11.4. The van der Waals surface area contributed by atoms with Crippen molar-refractivity contribution >= 4 is 5.91 Å². The molecule has 4 aromatic heterocycles. The zero-order valence-corrected chi connectivity index (χ0v) is 20.6. The number of rotatable bonds is 5. The second-order valence-corrected chi connectivity index (χ2v) is 8.01. The largest absolute Gasteiger partial charge is 0.471 e. The first-order valence-electron chi connectivity index (χ1n) is 11.4. The summed E-state index contributed by atoms with van der Waals surface area (Å²) < 4.78 is 83.1. The van der Waals surface area contributed by atoms with E-state index in [1.54, 1.807) is 30.3 Å². The summed E-state index contributed by atoms with van der Waals surface area (Å²) in [4.78, 5) is 43.8. The van der Waals surface area contributed by atoms with Crippen LogP contribution in [0.15, 0.2) is 85.6 Å². The van der Waals surface area contributed by atoms with Gasteiger partial charge in [0.05, 0.1) is 12.2 Å². The molecule has 0 aliphatic rings. The van der Waals surface area contributed by atoms with E-state index in [-0.39, 0.29) is 29.5 Å². The molecule has 0 aliphatic carbocycles. The van der Waals surface area contributed by atoms with Crippen LogP contribution in [-0.4, -0.2) is 35.7 Å². The number of hydrogen-bond donors (Lipinski definition) is 2. The molecule has 18 heteroatoms. The van der Waals surface area contributed by atoms with Crippen molar-refractivity contribution in [1.82, 2.24) is 35.1 Å². The van der Waals surface area contributed by atoms with E-state index < -0.39 is 41.1 Å². The third-order valence-electron chi connectivity index (χ3n) is 5.10. The quantitative estimate of drug-likeness (QED) is 0.288. The summed E-state index contributed by atoms with van der Waals surface area (Å²) >= 11 is 0. The minimum Gasteiger partial charge on any atom is -0.334 e. The van der Waals surface area contributed by atoms with Crippen molar-refractivity contribution in [3.63, 3.8) is 0 Å². The Balaban J connectivity index is 0.000000216. The summed E-state index contributed by atoms with van der Waals surface area (Å²) in [7, 11) is 0. The van der Waals surface area contributed by atoms with Gasteiger partial charge in [-0.3, -0.25) is 19.0 Å². The van der Waals surface area contributed by atoms with E-state index in [0.29, 0.717) is 5.56 Å². The molecule has 0 bridgehead atoms. The molecule has 1 aromatic carbocycles. The average molecular weight is 595 g/mol. The van der Waals surface area contributed by atoms with Crippen LogP contribution >= 0.6 is 0 Å². The van der Waals surface area contributed by atoms with Gasteiger partial charge in [-0.05, 0) is 30.3 Å². The summed E-state index contributed by atoms with van der Waals surface area (Å²) in [5.41, 5.74) is -0.712. The number of nitrogens with zero attached hydrogens (tertiary/aromatic N) is 5. The maximum absolute atomic E-state index is 12.5. The van der Waals surface area contributed by atoms with E-state index in [1.165, 1.54) is 35.2 Å². The highest BCUT2D eigenvalue weighted by Crippen LogP contribution is 2.29. The number of pyridine rings is 2. The van der Waals surface area contributed by atoms with Crippen LogP contribution in [0.4, 0.5) is 26.3 Å². The molecule has 0 saturated carbocycles. The zero-order chi connectivity index (χ0) is 30.5. The van der Waals surface area contributed by atoms with Crippen LogP contribution in [0, 0.1) is 0 Å².